The first kappa shape index (κ1) is 19.5. The number of Topliss-reactive ketones (excluding diaryl/α,β-unsaturated/α-hetero) is 1. The van der Waals surface area contributed by atoms with Crippen molar-refractivity contribution in [2.75, 3.05) is 13.2 Å². The Morgan fingerprint density at radius 1 is 1.31 bits per heavy atom. The summed E-state index contributed by atoms with van der Waals surface area (Å²) in [4.78, 5) is 25.7. The number of hydrogen-bond acceptors (Lipinski definition) is 4. The van der Waals surface area contributed by atoms with Crippen molar-refractivity contribution in [2.45, 2.75) is 19.2 Å². The number of alkyl halides is 3. The molecule has 0 saturated heterocycles. The van der Waals surface area contributed by atoms with Crippen LogP contribution < -0.4 is 10.1 Å². The van der Waals surface area contributed by atoms with Crippen LogP contribution in [0.1, 0.15) is 33.3 Å². The number of nitrogens with one attached hydrogen (secondary N) is 2. The maximum absolute atomic E-state index is 12.6. The summed E-state index contributed by atoms with van der Waals surface area (Å²) in [5.74, 6) is -0.772. The van der Waals surface area contributed by atoms with E-state index in [4.69, 9.17) is 4.74 Å². The van der Waals surface area contributed by atoms with E-state index in [-0.39, 0.29) is 30.4 Å². The van der Waals surface area contributed by atoms with E-state index in [9.17, 15) is 27.9 Å². The Morgan fingerprint density at radius 2 is 2.04 bits per heavy atom. The number of H-pyrrole nitrogens is 1. The average Bonchev–Trinajstić information content (AvgIpc) is 3.08. The van der Waals surface area contributed by atoms with Crippen LogP contribution in [-0.4, -0.2) is 41.0 Å². The quantitative estimate of drug-likeness (QED) is 0.653. The molecular formula is C17H17F3N2O4. The highest BCUT2D eigenvalue weighted by molar-refractivity contribution is 5.99. The van der Waals surface area contributed by atoms with Gasteiger partial charge in [-0.2, -0.15) is 13.2 Å². The van der Waals surface area contributed by atoms with Gasteiger partial charge in [0.1, 0.15) is 24.2 Å². The number of aromatic amines is 1. The van der Waals surface area contributed by atoms with Crippen LogP contribution in [0.4, 0.5) is 13.2 Å². The summed E-state index contributed by atoms with van der Waals surface area (Å²) in [5, 5.41) is 12.2. The van der Waals surface area contributed by atoms with Gasteiger partial charge in [-0.05, 0) is 31.2 Å². The van der Waals surface area contributed by atoms with E-state index >= 15 is 0 Å². The summed E-state index contributed by atoms with van der Waals surface area (Å²) in [7, 11) is 0. The molecule has 0 radical (unpaired) electrons. The number of aromatic nitrogens is 1. The fourth-order valence-corrected chi connectivity index (χ4v) is 2.05. The van der Waals surface area contributed by atoms with Crippen LogP contribution in [0, 0.1) is 0 Å². The summed E-state index contributed by atoms with van der Waals surface area (Å²) < 4.78 is 43.0. The number of rotatable bonds is 7. The molecule has 3 N–H and O–H groups in total. The molecule has 0 bridgehead atoms. The molecule has 0 aliphatic carbocycles. The lowest BCUT2D eigenvalue weighted by Crippen LogP contribution is -2.35. The molecule has 1 aromatic carbocycles. The fraction of sp³-hybridized carbons (Fsp3) is 0.294. The topological polar surface area (TPSA) is 91.4 Å². The molecule has 0 unspecified atom stereocenters. The highest BCUT2D eigenvalue weighted by Gasteiger charge is 2.30. The van der Waals surface area contributed by atoms with E-state index in [2.05, 4.69) is 10.3 Å². The Kier molecular flexibility index (Phi) is 6.04. The standard InChI is InChI=1S/C17H17F3N2O4/c1-10(23)11-5-15(21-7-11)16(25)22-8-13(24)9-26-14-4-2-3-12(6-14)17(18,19)20/h2-7,13,21,24H,8-9H2,1H3,(H,22,25)/t13-/m0/s1. The van der Waals surface area contributed by atoms with Gasteiger partial charge in [-0.1, -0.05) is 6.07 Å². The lowest BCUT2D eigenvalue weighted by atomic mass is 10.2. The third kappa shape index (κ3) is 5.35. The number of carbonyl (C=O) groups excluding carboxylic acids is 2. The number of amides is 1. The summed E-state index contributed by atoms with van der Waals surface area (Å²) in [6.07, 6.45) is -4.22. The number of hydrogen-bond donors (Lipinski definition) is 3. The van der Waals surface area contributed by atoms with Crippen LogP contribution in [0.15, 0.2) is 36.5 Å². The van der Waals surface area contributed by atoms with Gasteiger partial charge in [0.2, 0.25) is 0 Å². The molecule has 2 rings (SSSR count). The first-order valence-corrected chi connectivity index (χ1v) is 7.62. The Bertz CT molecular complexity index is 786. The Hall–Kier alpha value is -2.81. The van der Waals surface area contributed by atoms with Crippen molar-refractivity contribution in [2.24, 2.45) is 0 Å². The van der Waals surface area contributed by atoms with E-state index in [1.807, 2.05) is 0 Å². The zero-order valence-corrected chi connectivity index (χ0v) is 13.8. The van der Waals surface area contributed by atoms with Crippen LogP contribution in [0.5, 0.6) is 5.75 Å². The fourth-order valence-electron chi connectivity index (χ4n) is 2.05. The molecule has 0 aliphatic rings. The third-order valence-corrected chi connectivity index (χ3v) is 3.44. The predicted molar refractivity (Wildman–Crippen MR) is 86.1 cm³/mol. The number of ether oxygens (including phenoxy) is 1. The molecule has 0 spiro atoms. The van der Waals surface area contributed by atoms with Crippen LogP contribution in [-0.2, 0) is 6.18 Å². The molecule has 1 amide bonds. The van der Waals surface area contributed by atoms with E-state index in [1.54, 1.807) is 0 Å². The molecule has 0 aliphatic heterocycles. The Morgan fingerprint density at radius 3 is 2.65 bits per heavy atom. The zero-order chi connectivity index (χ0) is 19.3. The van der Waals surface area contributed by atoms with Gasteiger partial charge in [0.25, 0.3) is 5.91 Å². The number of carbonyl (C=O) groups is 2. The zero-order valence-electron chi connectivity index (χ0n) is 13.8. The average molecular weight is 370 g/mol. The van der Waals surface area contributed by atoms with Crippen LogP contribution >= 0.6 is 0 Å². The van der Waals surface area contributed by atoms with Crippen LogP contribution in [0.25, 0.3) is 0 Å². The first-order chi connectivity index (χ1) is 12.2. The van der Waals surface area contributed by atoms with E-state index in [0.29, 0.717) is 5.56 Å². The van der Waals surface area contributed by atoms with Crippen molar-refractivity contribution < 1.29 is 32.6 Å². The third-order valence-electron chi connectivity index (χ3n) is 3.44. The highest BCUT2D eigenvalue weighted by atomic mass is 19.4. The van der Waals surface area contributed by atoms with Gasteiger partial charge >= 0.3 is 6.18 Å². The number of aliphatic hydroxyl groups is 1. The SMILES string of the molecule is CC(=O)c1c[nH]c(C(=O)NC[C@H](O)COc2cccc(C(F)(F)F)c2)c1. The van der Waals surface area contributed by atoms with Crippen molar-refractivity contribution in [3.05, 3.63) is 53.3 Å². The summed E-state index contributed by atoms with van der Waals surface area (Å²) in [6, 6.07) is 5.65. The monoisotopic (exact) mass is 370 g/mol. The molecule has 140 valence electrons. The highest BCUT2D eigenvalue weighted by Crippen LogP contribution is 2.31. The maximum Gasteiger partial charge on any atom is 0.416 e. The second-order valence-corrected chi connectivity index (χ2v) is 5.56. The molecule has 26 heavy (non-hydrogen) atoms. The largest absolute Gasteiger partial charge is 0.491 e. The van der Waals surface area contributed by atoms with Gasteiger partial charge in [-0.3, -0.25) is 9.59 Å². The summed E-state index contributed by atoms with van der Waals surface area (Å²) >= 11 is 0. The van der Waals surface area contributed by atoms with Crippen LogP contribution in [0.2, 0.25) is 0 Å². The molecule has 9 heteroatoms. The molecule has 1 atom stereocenters. The number of benzene rings is 1. The molecule has 1 heterocycles. The minimum atomic E-state index is -4.49. The smallest absolute Gasteiger partial charge is 0.416 e. The van der Waals surface area contributed by atoms with E-state index in [0.717, 1.165) is 12.1 Å². The first-order valence-electron chi connectivity index (χ1n) is 7.62. The van der Waals surface area contributed by atoms with Crippen molar-refractivity contribution in [3.8, 4) is 5.75 Å². The Labute approximate surface area is 147 Å². The molecule has 1 aromatic heterocycles. The predicted octanol–water partition coefficient (Wildman–Crippen LogP) is 2.41. The minimum Gasteiger partial charge on any atom is -0.491 e. The second-order valence-electron chi connectivity index (χ2n) is 5.56. The number of aliphatic hydroxyl groups excluding tert-OH is 1. The molecule has 0 fully saturated rings. The van der Waals surface area contributed by atoms with Gasteiger partial charge < -0.3 is 20.1 Å². The van der Waals surface area contributed by atoms with Gasteiger partial charge in [0.15, 0.2) is 5.78 Å². The summed E-state index contributed by atoms with van der Waals surface area (Å²) in [5.41, 5.74) is -0.351. The van der Waals surface area contributed by atoms with Crippen molar-refractivity contribution >= 4 is 11.7 Å². The normalized spacial score (nSPS) is 12.5. The molecule has 2 aromatic rings. The van der Waals surface area contributed by atoms with Gasteiger partial charge in [-0.15, -0.1) is 0 Å². The molecule has 6 nitrogen and oxygen atoms in total. The lowest BCUT2D eigenvalue weighted by Gasteiger charge is -2.14. The van der Waals surface area contributed by atoms with Crippen molar-refractivity contribution in [1.82, 2.24) is 10.3 Å². The summed E-state index contributed by atoms with van der Waals surface area (Å²) in [6.45, 7) is 0.886. The molecule has 0 saturated carbocycles. The van der Waals surface area contributed by atoms with E-state index in [1.165, 1.54) is 31.3 Å². The maximum atomic E-state index is 12.6. The van der Waals surface area contributed by atoms with Crippen molar-refractivity contribution in [3.63, 3.8) is 0 Å². The number of ketones is 1. The van der Waals surface area contributed by atoms with Crippen molar-refractivity contribution in [1.29, 1.82) is 0 Å². The molecular weight excluding hydrogens is 353 g/mol. The van der Waals surface area contributed by atoms with Gasteiger partial charge in [0, 0.05) is 18.3 Å². The lowest BCUT2D eigenvalue weighted by molar-refractivity contribution is -0.137. The minimum absolute atomic E-state index is 0.0410. The number of halogens is 3. The van der Waals surface area contributed by atoms with Crippen LogP contribution in [0.3, 0.4) is 0 Å². The van der Waals surface area contributed by atoms with Gasteiger partial charge in [-0.25, -0.2) is 0 Å². The second kappa shape index (κ2) is 8.05. The van der Waals surface area contributed by atoms with E-state index < -0.39 is 23.8 Å². The van der Waals surface area contributed by atoms with Gasteiger partial charge in [0.05, 0.1) is 5.56 Å². The Balaban J connectivity index is 1.82.